The predicted molar refractivity (Wildman–Crippen MR) is 111 cm³/mol. The molecule has 1 amide bonds. The average Bonchev–Trinajstić information content (AvgIpc) is 3.12. The molecule has 28 heavy (non-hydrogen) atoms. The second kappa shape index (κ2) is 7.67. The summed E-state index contributed by atoms with van der Waals surface area (Å²) in [5, 5.41) is 15.7. The molecule has 0 bridgehead atoms. The maximum Gasteiger partial charge on any atom is 0.271 e. The van der Waals surface area contributed by atoms with Gasteiger partial charge in [0.05, 0.1) is 10.9 Å². The maximum atomic E-state index is 12.7. The standard InChI is InChI=1S/C19H25N7OS/c1-10-7-11(2)16(12(3)8-10)21-17(27)15(6)28-19-23-22-18(25(19)20)26-14(5)9-13(4)24-26/h7-9,15H,20H2,1-6H3,(H,21,27). The van der Waals surface area contributed by atoms with Crippen LogP contribution in [-0.2, 0) is 4.79 Å². The summed E-state index contributed by atoms with van der Waals surface area (Å²) in [7, 11) is 0. The van der Waals surface area contributed by atoms with Crippen LogP contribution in [0.4, 0.5) is 5.69 Å². The van der Waals surface area contributed by atoms with Gasteiger partial charge in [-0.1, -0.05) is 29.5 Å². The number of carbonyl (C=O) groups is 1. The number of aryl methyl sites for hydroxylation is 5. The van der Waals surface area contributed by atoms with Crippen LogP contribution < -0.4 is 11.2 Å². The largest absolute Gasteiger partial charge is 0.334 e. The summed E-state index contributed by atoms with van der Waals surface area (Å²) < 4.78 is 2.99. The summed E-state index contributed by atoms with van der Waals surface area (Å²) in [6.07, 6.45) is 0. The van der Waals surface area contributed by atoms with E-state index >= 15 is 0 Å². The van der Waals surface area contributed by atoms with E-state index in [0.29, 0.717) is 11.1 Å². The number of hydrogen-bond acceptors (Lipinski definition) is 6. The van der Waals surface area contributed by atoms with E-state index in [2.05, 4.69) is 32.7 Å². The third-order valence-corrected chi connectivity index (χ3v) is 5.48. The van der Waals surface area contributed by atoms with Crippen LogP contribution in [0.15, 0.2) is 23.4 Å². The maximum absolute atomic E-state index is 12.7. The van der Waals surface area contributed by atoms with Gasteiger partial charge in [0.1, 0.15) is 0 Å². The van der Waals surface area contributed by atoms with Crippen molar-refractivity contribution in [1.29, 1.82) is 0 Å². The average molecular weight is 400 g/mol. The highest BCUT2D eigenvalue weighted by atomic mass is 32.2. The first-order valence-corrected chi connectivity index (χ1v) is 9.85. The molecule has 0 saturated heterocycles. The van der Waals surface area contributed by atoms with Crippen molar-refractivity contribution in [3.63, 3.8) is 0 Å². The summed E-state index contributed by atoms with van der Waals surface area (Å²) in [5.41, 5.74) is 5.87. The van der Waals surface area contributed by atoms with Crippen molar-refractivity contribution in [2.24, 2.45) is 0 Å². The number of anilines is 1. The minimum Gasteiger partial charge on any atom is -0.334 e. The van der Waals surface area contributed by atoms with Crippen LogP contribution in [-0.4, -0.2) is 35.8 Å². The van der Waals surface area contributed by atoms with Crippen LogP contribution in [0.1, 0.15) is 35.0 Å². The van der Waals surface area contributed by atoms with Gasteiger partial charge in [-0.2, -0.15) is 5.10 Å². The smallest absolute Gasteiger partial charge is 0.271 e. The Morgan fingerprint density at radius 3 is 2.32 bits per heavy atom. The van der Waals surface area contributed by atoms with Crippen molar-refractivity contribution in [2.45, 2.75) is 51.9 Å². The van der Waals surface area contributed by atoms with Gasteiger partial charge in [-0.05, 0) is 58.7 Å². The molecule has 0 saturated carbocycles. The van der Waals surface area contributed by atoms with Crippen LogP contribution in [0.25, 0.3) is 5.95 Å². The number of nitrogens with two attached hydrogens (primary N) is 1. The van der Waals surface area contributed by atoms with Crippen LogP contribution in [0.5, 0.6) is 0 Å². The molecule has 3 N–H and O–H groups in total. The van der Waals surface area contributed by atoms with Crippen LogP contribution in [0, 0.1) is 34.6 Å². The van der Waals surface area contributed by atoms with Gasteiger partial charge >= 0.3 is 0 Å². The molecule has 2 heterocycles. The van der Waals surface area contributed by atoms with E-state index in [0.717, 1.165) is 28.2 Å². The minimum absolute atomic E-state index is 0.115. The Balaban J connectivity index is 1.76. The van der Waals surface area contributed by atoms with E-state index in [-0.39, 0.29) is 5.91 Å². The number of nitrogens with one attached hydrogen (secondary N) is 1. The van der Waals surface area contributed by atoms with Gasteiger partial charge in [0.2, 0.25) is 11.1 Å². The number of rotatable bonds is 5. The molecule has 0 spiro atoms. The van der Waals surface area contributed by atoms with E-state index < -0.39 is 5.25 Å². The molecule has 0 aliphatic heterocycles. The number of carbonyl (C=O) groups excluding carboxylic acids is 1. The fourth-order valence-electron chi connectivity index (χ4n) is 3.14. The molecular weight excluding hydrogens is 374 g/mol. The Labute approximate surface area is 168 Å². The molecule has 0 radical (unpaired) electrons. The zero-order valence-electron chi connectivity index (χ0n) is 16.9. The van der Waals surface area contributed by atoms with Crippen molar-refractivity contribution < 1.29 is 4.79 Å². The second-order valence-electron chi connectivity index (χ2n) is 7.01. The van der Waals surface area contributed by atoms with Crippen molar-refractivity contribution in [1.82, 2.24) is 24.7 Å². The summed E-state index contributed by atoms with van der Waals surface area (Å²) in [4.78, 5) is 12.7. The van der Waals surface area contributed by atoms with Crippen LogP contribution in [0.3, 0.4) is 0 Å². The van der Waals surface area contributed by atoms with Crippen molar-refractivity contribution in [3.8, 4) is 5.95 Å². The Hall–Kier alpha value is -2.81. The van der Waals surface area contributed by atoms with Crippen LogP contribution in [0.2, 0.25) is 0 Å². The molecular formula is C19H25N7OS. The van der Waals surface area contributed by atoms with Gasteiger partial charge in [0, 0.05) is 11.4 Å². The quantitative estimate of drug-likeness (QED) is 0.505. The molecule has 1 atom stereocenters. The zero-order valence-corrected chi connectivity index (χ0v) is 17.8. The highest BCUT2D eigenvalue weighted by Crippen LogP contribution is 2.26. The molecule has 2 aromatic heterocycles. The Bertz CT molecular complexity index is 1010. The zero-order chi connectivity index (χ0) is 20.6. The normalized spacial score (nSPS) is 12.2. The molecule has 1 aromatic carbocycles. The van der Waals surface area contributed by atoms with Crippen molar-refractivity contribution in [2.75, 3.05) is 11.2 Å². The first kappa shape index (κ1) is 19.9. The van der Waals surface area contributed by atoms with E-state index in [1.807, 2.05) is 47.6 Å². The third-order valence-electron chi connectivity index (χ3n) is 4.42. The molecule has 148 valence electrons. The van der Waals surface area contributed by atoms with E-state index in [1.54, 1.807) is 4.68 Å². The molecule has 0 fully saturated rings. The number of aromatic nitrogens is 5. The highest BCUT2D eigenvalue weighted by Gasteiger charge is 2.22. The number of nitrogens with zero attached hydrogens (tertiary/aromatic N) is 5. The Morgan fingerprint density at radius 1 is 1.11 bits per heavy atom. The fraction of sp³-hybridized carbons (Fsp3) is 0.368. The first-order chi connectivity index (χ1) is 13.2. The molecule has 0 aliphatic carbocycles. The number of nitrogen functional groups attached to an aromatic ring is 1. The molecule has 9 heteroatoms. The lowest BCUT2D eigenvalue weighted by molar-refractivity contribution is -0.115. The molecule has 0 aliphatic rings. The lowest BCUT2D eigenvalue weighted by Gasteiger charge is -2.16. The van der Waals surface area contributed by atoms with Gasteiger partial charge < -0.3 is 11.2 Å². The van der Waals surface area contributed by atoms with Crippen molar-refractivity contribution >= 4 is 23.4 Å². The topological polar surface area (TPSA) is 104 Å². The van der Waals surface area contributed by atoms with E-state index in [9.17, 15) is 4.79 Å². The third kappa shape index (κ3) is 3.89. The number of hydrogen-bond donors (Lipinski definition) is 2. The summed E-state index contributed by atoms with van der Waals surface area (Å²) in [5.74, 6) is 6.45. The lowest BCUT2D eigenvalue weighted by atomic mass is 10.1. The molecule has 3 rings (SSSR count). The molecule has 8 nitrogen and oxygen atoms in total. The van der Waals surface area contributed by atoms with Gasteiger partial charge in [-0.3, -0.25) is 4.79 Å². The fourth-order valence-corrected chi connectivity index (χ4v) is 3.90. The number of amides is 1. The monoisotopic (exact) mass is 399 g/mol. The Morgan fingerprint density at radius 2 is 1.75 bits per heavy atom. The molecule has 1 unspecified atom stereocenters. The lowest BCUT2D eigenvalue weighted by Crippen LogP contribution is -2.25. The first-order valence-electron chi connectivity index (χ1n) is 8.97. The van der Waals surface area contributed by atoms with E-state index in [4.69, 9.17) is 5.84 Å². The predicted octanol–water partition coefficient (Wildman–Crippen LogP) is 2.84. The second-order valence-corrected chi connectivity index (χ2v) is 8.32. The Kier molecular flexibility index (Phi) is 5.46. The summed E-state index contributed by atoms with van der Waals surface area (Å²) in [6, 6.07) is 6.04. The van der Waals surface area contributed by atoms with Gasteiger partial charge in [0.15, 0.2) is 0 Å². The number of benzene rings is 1. The van der Waals surface area contributed by atoms with E-state index in [1.165, 1.54) is 22.0 Å². The molecule has 3 aromatic rings. The minimum atomic E-state index is -0.403. The number of thioether (sulfide) groups is 1. The SMILES string of the molecule is Cc1cc(C)c(NC(=O)C(C)Sc2nnc(-n3nc(C)cc3C)n2N)c(C)c1. The highest BCUT2D eigenvalue weighted by molar-refractivity contribution is 8.00. The van der Waals surface area contributed by atoms with Gasteiger partial charge in [0.25, 0.3) is 5.95 Å². The van der Waals surface area contributed by atoms with Gasteiger partial charge in [-0.15, -0.1) is 10.2 Å². The van der Waals surface area contributed by atoms with Gasteiger partial charge in [-0.25, -0.2) is 9.36 Å². The van der Waals surface area contributed by atoms with Crippen molar-refractivity contribution in [3.05, 3.63) is 46.3 Å². The summed E-state index contributed by atoms with van der Waals surface area (Å²) in [6.45, 7) is 11.7. The summed E-state index contributed by atoms with van der Waals surface area (Å²) >= 11 is 1.25. The van der Waals surface area contributed by atoms with Crippen LogP contribution >= 0.6 is 11.8 Å².